The monoisotopic (exact) mass is 458 g/mol. The van der Waals surface area contributed by atoms with Crippen molar-refractivity contribution in [2.45, 2.75) is 49.6 Å². The highest BCUT2D eigenvalue weighted by Crippen LogP contribution is 2.41. The smallest absolute Gasteiger partial charge is 0.243 e. The van der Waals surface area contributed by atoms with Gasteiger partial charge in [-0.15, -0.1) is 0 Å². The van der Waals surface area contributed by atoms with Gasteiger partial charge >= 0.3 is 0 Å². The van der Waals surface area contributed by atoms with Crippen LogP contribution in [-0.2, 0) is 14.8 Å². The Kier molecular flexibility index (Phi) is 6.18. The topological polar surface area (TPSA) is 84.9 Å². The van der Waals surface area contributed by atoms with Crippen molar-refractivity contribution in [2.24, 2.45) is 5.92 Å². The lowest BCUT2D eigenvalue weighted by atomic mass is 9.88. The average molecular weight is 459 g/mol. The summed E-state index contributed by atoms with van der Waals surface area (Å²) in [5.74, 6) is 1.19. The summed E-state index contributed by atoms with van der Waals surface area (Å²) in [6, 6.07) is 13.9. The number of piperidine rings is 1. The van der Waals surface area contributed by atoms with E-state index in [4.69, 9.17) is 9.47 Å². The fraction of sp³-hybridized carbons (Fsp3) is 0.458. The zero-order chi connectivity index (χ0) is 22.9. The van der Waals surface area contributed by atoms with Gasteiger partial charge in [0.15, 0.2) is 0 Å². The molecule has 4 rings (SSSR count). The van der Waals surface area contributed by atoms with Crippen LogP contribution in [0.25, 0.3) is 0 Å². The first kappa shape index (κ1) is 22.6. The van der Waals surface area contributed by atoms with E-state index in [0.717, 1.165) is 11.3 Å². The molecule has 1 fully saturated rings. The number of rotatable bonds is 5. The first-order valence-electron chi connectivity index (χ1n) is 10.9. The Morgan fingerprint density at radius 3 is 2.47 bits per heavy atom. The zero-order valence-electron chi connectivity index (χ0n) is 18.7. The van der Waals surface area contributed by atoms with Crippen LogP contribution in [0, 0.1) is 5.92 Å². The number of fused-ring (bicyclic) bond motifs is 1. The molecule has 1 amide bonds. The summed E-state index contributed by atoms with van der Waals surface area (Å²) in [6.07, 6.45) is 1.63. The molecule has 0 radical (unpaired) electrons. The molecule has 172 valence electrons. The van der Waals surface area contributed by atoms with Crippen molar-refractivity contribution in [3.05, 3.63) is 54.1 Å². The van der Waals surface area contributed by atoms with Crippen molar-refractivity contribution in [3.8, 4) is 11.5 Å². The lowest BCUT2D eigenvalue weighted by Gasteiger charge is -2.39. The van der Waals surface area contributed by atoms with E-state index in [1.165, 1.54) is 4.31 Å². The maximum absolute atomic E-state index is 13.1. The van der Waals surface area contributed by atoms with Gasteiger partial charge in [-0.1, -0.05) is 18.2 Å². The molecule has 8 heteroatoms. The number of hydrogen-bond donors (Lipinski definition) is 1. The average Bonchev–Trinajstić information content (AvgIpc) is 2.79. The van der Waals surface area contributed by atoms with Crippen LogP contribution in [0.2, 0.25) is 0 Å². The van der Waals surface area contributed by atoms with E-state index in [2.05, 4.69) is 5.32 Å². The largest absolute Gasteiger partial charge is 0.497 e. The fourth-order valence-electron chi connectivity index (χ4n) is 4.48. The first-order chi connectivity index (χ1) is 15.2. The van der Waals surface area contributed by atoms with E-state index in [1.54, 1.807) is 37.4 Å². The highest BCUT2D eigenvalue weighted by Gasteiger charge is 2.37. The number of ether oxygens (including phenoxy) is 2. The van der Waals surface area contributed by atoms with Crippen molar-refractivity contribution >= 4 is 15.9 Å². The van der Waals surface area contributed by atoms with E-state index in [0.29, 0.717) is 38.1 Å². The summed E-state index contributed by atoms with van der Waals surface area (Å²) in [5.41, 5.74) is 0.494. The maximum Gasteiger partial charge on any atom is 0.243 e. The summed E-state index contributed by atoms with van der Waals surface area (Å²) >= 11 is 0. The predicted octanol–water partition coefficient (Wildman–Crippen LogP) is 3.51. The molecule has 1 atom stereocenters. The number of nitrogens with one attached hydrogen (secondary N) is 1. The van der Waals surface area contributed by atoms with E-state index >= 15 is 0 Å². The predicted molar refractivity (Wildman–Crippen MR) is 121 cm³/mol. The molecule has 2 aliphatic heterocycles. The van der Waals surface area contributed by atoms with Crippen molar-refractivity contribution in [1.29, 1.82) is 0 Å². The third kappa shape index (κ3) is 4.61. The normalized spacial score (nSPS) is 21.3. The number of carbonyl (C=O) groups excluding carboxylic acids is 1. The molecule has 0 bridgehead atoms. The van der Waals surface area contributed by atoms with E-state index < -0.39 is 15.6 Å². The Hall–Kier alpha value is -2.58. The molecule has 2 heterocycles. The third-order valence-electron chi connectivity index (χ3n) is 6.20. The van der Waals surface area contributed by atoms with Crippen LogP contribution in [0.4, 0.5) is 0 Å². The molecule has 0 saturated carbocycles. The summed E-state index contributed by atoms with van der Waals surface area (Å²) in [6.45, 7) is 4.68. The molecule has 1 saturated heterocycles. The van der Waals surface area contributed by atoms with Crippen LogP contribution in [0.15, 0.2) is 53.4 Å². The summed E-state index contributed by atoms with van der Waals surface area (Å²) < 4.78 is 38.6. The number of carbonyl (C=O) groups is 1. The summed E-state index contributed by atoms with van der Waals surface area (Å²) in [5, 5.41) is 3.19. The Morgan fingerprint density at radius 2 is 1.81 bits per heavy atom. The Labute approximate surface area is 189 Å². The number of amides is 1. The SMILES string of the molecule is COc1ccc2c(c1)[C@@H](NC(=O)C1CCN(S(=O)(=O)c3ccccc3)CC1)CC(C)(C)O2. The van der Waals surface area contributed by atoms with Crippen LogP contribution in [0.5, 0.6) is 11.5 Å². The molecule has 7 nitrogen and oxygen atoms in total. The highest BCUT2D eigenvalue weighted by molar-refractivity contribution is 7.89. The van der Waals surface area contributed by atoms with E-state index in [1.807, 2.05) is 32.0 Å². The van der Waals surface area contributed by atoms with Gasteiger partial charge in [-0.05, 0) is 57.0 Å². The van der Waals surface area contributed by atoms with Crippen molar-refractivity contribution < 1.29 is 22.7 Å². The van der Waals surface area contributed by atoms with E-state index in [-0.39, 0.29) is 22.8 Å². The van der Waals surface area contributed by atoms with Crippen molar-refractivity contribution in [3.63, 3.8) is 0 Å². The molecule has 2 aromatic carbocycles. The lowest BCUT2D eigenvalue weighted by molar-refractivity contribution is -0.127. The molecule has 0 aromatic heterocycles. The molecule has 2 aromatic rings. The van der Waals surface area contributed by atoms with Gasteiger partial charge in [0.05, 0.1) is 18.0 Å². The molecular formula is C24H30N2O5S. The number of sulfonamides is 1. The molecule has 0 unspecified atom stereocenters. The third-order valence-corrected chi connectivity index (χ3v) is 8.11. The molecule has 0 spiro atoms. The molecular weight excluding hydrogens is 428 g/mol. The summed E-state index contributed by atoms with van der Waals surface area (Å²) in [4.78, 5) is 13.4. The van der Waals surface area contributed by atoms with Gasteiger partial charge in [-0.3, -0.25) is 4.79 Å². The lowest BCUT2D eigenvalue weighted by Crippen LogP contribution is -2.46. The number of hydrogen-bond acceptors (Lipinski definition) is 5. The number of methoxy groups -OCH3 is 1. The van der Waals surface area contributed by atoms with Crippen molar-refractivity contribution in [1.82, 2.24) is 9.62 Å². The highest BCUT2D eigenvalue weighted by atomic mass is 32.2. The number of nitrogens with zero attached hydrogens (tertiary/aromatic N) is 1. The van der Waals surface area contributed by atoms with Crippen LogP contribution in [0.1, 0.15) is 44.7 Å². The van der Waals surface area contributed by atoms with Gasteiger partial charge in [-0.2, -0.15) is 4.31 Å². The minimum Gasteiger partial charge on any atom is -0.497 e. The second-order valence-corrected chi connectivity index (χ2v) is 11.0. The van der Waals surface area contributed by atoms with Gasteiger partial charge < -0.3 is 14.8 Å². The minimum atomic E-state index is -3.53. The standard InChI is InChI=1S/C24H30N2O5S/c1-24(2)16-21(20-15-18(30-3)9-10-22(20)31-24)25-23(27)17-11-13-26(14-12-17)32(28,29)19-7-5-4-6-8-19/h4-10,15,17,21H,11-14,16H2,1-3H3,(H,25,27)/t21-/m0/s1. The van der Waals surface area contributed by atoms with Gasteiger partial charge in [-0.25, -0.2) is 8.42 Å². The second kappa shape index (κ2) is 8.75. The molecule has 1 N–H and O–H groups in total. The van der Waals surface area contributed by atoms with Gasteiger partial charge in [0.25, 0.3) is 0 Å². The molecule has 32 heavy (non-hydrogen) atoms. The van der Waals surface area contributed by atoms with Gasteiger partial charge in [0.1, 0.15) is 17.1 Å². The van der Waals surface area contributed by atoms with Gasteiger partial charge in [0.2, 0.25) is 15.9 Å². The van der Waals surface area contributed by atoms with Crippen LogP contribution < -0.4 is 14.8 Å². The molecule has 0 aliphatic carbocycles. The summed E-state index contributed by atoms with van der Waals surface area (Å²) in [7, 11) is -1.92. The Morgan fingerprint density at radius 1 is 1.12 bits per heavy atom. The number of benzene rings is 2. The fourth-order valence-corrected chi connectivity index (χ4v) is 5.97. The zero-order valence-corrected chi connectivity index (χ0v) is 19.5. The van der Waals surface area contributed by atoms with E-state index in [9.17, 15) is 13.2 Å². The van der Waals surface area contributed by atoms with Crippen LogP contribution >= 0.6 is 0 Å². The van der Waals surface area contributed by atoms with Crippen molar-refractivity contribution in [2.75, 3.05) is 20.2 Å². The molecule has 2 aliphatic rings. The first-order valence-corrected chi connectivity index (χ1v) is 12.4. The second-order valence-electron chi connectivity index (χ2n) is 9.02. The maximum atomic E-state index is 13.1. The van der Waals surface area contributed by atoms with Crippen LogP contribution in [0.3, 0.4) is 0 Å². The quantitative estimate of drug-likeness (QED) is 0.741. The minimum absolute atomic E-state index is 0.0433. The van der Waals surface area contributed by atoms with Gasteiger partial charge in [0, 0.05) is 31.0 Å². The Balaban J connectivity index is 1.43. The Bertz CT molecular complexity index is 1080. The van der Waals surface area contributed by atoms with Crippen LogP contribution in [-0.4, -0.2) is 44.4 Å².